The molecule has 2 amide bonds. The van der Waals surface area contributed by atoms with Gasteiger partial charge in [0.1, 0.15) is 0 Å². The van der Waals surface area contributed by atoms with Crippen LogP contribution in [0.15, 0.2) is 0 Å². The molecule has 1 fully saturated rings. The zero-order chi connectivity index (χ0) is 15.7. The number of piperazine rings is 1. The molecule has 0 spiro atoms. The van der Waals surface area contributed by atoms with E-state index in [4.69, 9.17) is 0 Å². The first kappa shape index (κ1) is 18.0. The normalized spacial score (nSPS) is 16.0. The molecule has 5 heteroatoms. The van der Waals surface area contributed by atoms with Gasteiger partial charge in [-0.2, -0.15) is 0 Å². The van der Waals surface area contributed by atoms with Gasteiger partial charge in [-0.3, -0.25) is 9.59 Å². The van der Waals surface area contributed by atoms with Crippen LogP contribution in [0.1, 0.15) is 46.5 Å². The highest BCUT2D eigenvalue weighted by Gasteiger charge is 2.28. The van der Waals surface area contributed by atoms with Gasteiger partial charge in [-0.15, -0.1) is 0 Å². The van der Waals surface area contributed by atoms with E-state index in [0.717, 1.165) is 45.3 Å². The average Bonchev–Trinajstić information content (AvgIpc) is 2.54. The minimum Gasteiger partial charge on any atom is -0.334 e. The van der Waals surface area contributed by atoms with Crippen molar-refractivity contribution in [2.24, 2.45) is 0 Å². The van der Waals surface area contributed by atoms with Crippen LogP contribution in [0.3, 0.4) is 0 Å². The molecule has 1 aliphatic rings. The second-order valence-corrected chi connectivity index (χ2v) is 5.73. The molecule has 0 bridgehead atoms. The van der Waals surface area contributed by atoms with Gasteiger partial charge in [-0.25, -0.2) is 0 Å². The fourth-order valence-corrected chi connectivity index (χ4v) is 2.55. The van der Waals surface area contributed by atoms with Crippen LogP contribution in [0.2, 0.25) is 0 Å². The Balaban J connectivity index is 2.54. The molecule has 0 aromatic carbocycles. The van der Waals surface area contributed by atoms with Gasteiger partial charge in [0.25, 0.3) is 0 Å². The summed E-state index contributed by atoms with van der Waals surface area (Å²) in [7, 11) is 0. The lowest BCUT2D eigenvalue weighted by atomic mass is 10.2. The van der Waals surface area contributed by atoms with E-state index in [0.29, 0.717) is 26.2 Å². The first-order chi connectivity index (χ1) is 10.1. The quantitative estimate of drug-likeness (QED) is 0.670. The molecule has 0 aliphatic carbocycles. The van der Waals surface area contributed by atoms with Crippen LogP contribution < -0.4 is 0 Å². The van der Waals surface area contributed by atoms with Crippen molar-refractivity contribution < 1.29 is 9.59 Å². The summed E-state index contributed by atoms with van der Waals surface area (Å²) in [6, 6.07) is 0. The zero-order valence-electron chi connectivity index (χ0n) is 13.9. The maximum absolute atomic E-state index is 12.4. The van der Waals surface area contributed by atoms with Gasteiger partial charge in [0.15, 0.2) is 0 Å². The number of nitrogens with zero attached hydrogens (tertiary/aromatic N) is 3. The number of hydrogen-bond acceptors (Lipinski definition) is 3. The van der Waals surface area contributed by atoms with Gasteiger partial charge in [0.2, 0.25) is 0 Å². The van der Waals surface area contributed by atoms with Gasteiger partial charge < -0.3 is 14.7 Å². The molecule has 0 N–H and O–H groups in total. The Kier molecular flexibility index (Phi) is 8.35. The Morgan fingerprint density at radius 3 is 1.86 bits per heavy atom. The van der Waals surface area contributed by atoms with E-state index in [-0.39, 0.29) is 11.8 Å². The van der Waals surface area contributed by atoms with E-state index in [1.54, 1.807) is 9.80 Å². The molecule has 1 heterocycles. The van der Waals surface area contributed by atoms with Crippen LogP contribution >= 0.6 is 0 Å². The third-order valence-electron chi connectivity index (χ3n) is 4.14. The molecule has 0 aromatic rings. The van der Waals surface area contributed by atoms with E-state index in [9.17, 15) is 9.59 Å². The minimum atomic E-state index is -0.307. The molecule has 0 saturated carbocycles. The van der Waals surface area contributed by atoms with Crippen molar-refractivity contribution in [2.45, 2.75) is 46.5 Å². The summed E-state index contributed by atoms with van der Waals surface area (Å²) in [6.45, 7) is 11.9. The number of likely N-dealkylation sites (N-methyl/N-ethyl adjacent to an activating group) is 1. The van der Waals surface area contributed by atoms with Crippen LogP contribution in [0.25, 0.3) is 0 Å². The van der Waals surface area contributed by atoms with Crippen molar-refractivity contribution >= 4 is 11.8 Å². The predicted molar refractivity (Wildman–Crippen MR) is 85.1 cm³/mol. The van der Waals surface area contributed by atoms with Gasteiger partial charge >= 0.3 is 11.8 Å². The molecule has 0 unspecified atom stereocenters. The molecule has 1 saturated heterocycles. The zero-order valence-corrected chi connectivity index (χ0v) is 13.9. The number of amides is 2. The average molecular weight is 297 g/mol. The molecule has 1 aliphatic heterocycles. The molecular weight excluding hydrogens is 266 g/mol. The lowest BCUT2D eigenvalue weighted by Crippen LogP contribution is -2.53. The van der Waals surface area contributed by atoms with Crippen LogP contribution in [0.4, 0.5) is 0 Å². The predicted octanol–water partition coefficient (Wildman–Crippen LogP) is 1.58. The summed E-state index contributed by atoms with van der Waals surface area (Å²) in [6.07, 6.45) is 4.01. The van der Waals surface area contributed by atoms with E-state index < -0.39 is 0 Å². The molecule has 0 atom stereocenters. The van der Waals surface area contributed by atoms with Crippen molar-refractivity contribution in [1.82, 2.24) is 14.7 Å². The highest BCUT2D eigenvalue weighted by Crippen LogP contribution is 2.06. The number of unbranched alkanes of at least 4 members (excludes halogenated alkanes) is 2. The third-order valence-corrected chi connectivity index (χ3v) is 4.14. The van der Waals surface area contributed by atoms with Crippen molar-refractivity contribution in [3.63, 3.8) is 0 Å². The Morgan fingerprint density at radius 1 is 0.905 bits per heavy atom. The Morgan fingerprint density at radius 2 is 1.43 bits per heavy atom. The largest absolute Gasteiger partial charge is 0.334 e. The van der Waals surface area contributed by atoms with E-state index in [1.165, 1.54) is 0 Å². The second kappa shape index (κ2) is 9.77. The van der Waals surface area contributed by atoms with E-state index in [1.807, 2.05) is 0 Å². The third kappa shape index (κ3) is 5.65. The summed E-state index contributed by atoms with van der Waals surface area (Å²) in [5.41, 5.74) is 0. The lowest BCUT2D eigenvalue weighted by Gasteiger charge is -2.34. The highest BCUT2D eigenvalue weighted by molar-refractivity contribution is 6.34. The smallest absolute Gasteiger partial charge is 0.312 e. The SMILES string of the molecule is CCCCN(CCCC)C(=O)C(=O)N1CCN(CC)CC1. The summed E-state index contributed by atoms with van der Waals surface area (Å²) >= 11 is 0. The van der Waals surface area contributed by atoms with Crippen LogP contribution in [-0.2, 0) is 9.59 Å². The van der Waals surface area contributed by atoms with Crippen molar-refractivity contribution in [2.75, 3.05) is 45.8 Å². The van der Waals surface area contributed by atoms with Gasteiger partial charge in [0, 0.05) is 39.3 Å². The first-order valence-corrected chi connectivity index (χ1v) is 8.44. The molecule has 1 rings (SSSR count). The van der Waals surface area contributed by atoms with Crippen molar-refractivity contribution in [1.29, 1.82) is 0 Å². The molecule has 122 valence electrons. The maximum atomic E-state index is 12.4. The topological polar surface area (TPSA) is 43.9 Å². The fraction of sp³-hybridized carbons (Fsp3) is 0.875. The second-order valence-electron chi connectivity index (χ2n) is 5.73. The highest BCUT2D eigenvalue weighted by atomic mass is 16.2. The molecular formula is C16H31N3O2. The van der Waals surface area contributed by atoms with E-state index >= 15 is 0 Å². The minimum absolute atomic E-state index is 0.304. The fourth-order valence-electron chi connectivity index (χ4n) is 2.55. The number of rotatable bonds is 7. The molecule has 0 radical (unpaired) electrons. The Hall–Kier alpha value is -1.10. The number of carbonyl (C=O) groups excluding carboxylic acids is 2. The first-order valence-electron chi connectivity index (χ1n) is 8.44. The summed E-state index contributed by atoms with van der Waals surface area (Å²) in [5.74, 6) is -0.611. The van der Waals surface area contributed by atoms with Gasteiger partial charge in [0.05, 0.1) is 0 Å². The maximum Gasteiger partial charge on any atom is 0.312 e. The van der Waals surface area contributed by atoms with Crippen LogP contribution in [0.5, 0.6) is 0 Å². The number of hydrogen-bond donors (Lipinski definition) is 0. The Bertz CT molecular complexity index is 317. The van der Waals surface area contributed by atoms with Crippen LogP contribution in [-0.4, -0.2) is 72.3 Å². The van der Waals surface area contributed by atoms with Crippen LogP contribution in [0, 0.1) is 0 Å². The summed E-state index contributed by atoms with van der Waals surface area (Å²) < 4.78 is 0. The van der Waals surface area contributed by atoms with Crippen molar-refractivity contribution in [3.8, 4) is 0 Å². The molecule has 5 nitrogen and oxygen atoms in total. The Labute approximate surface area is 129 Å². The lowest BCUT2D eigenvalue weighted by molar-refractivity contribution is -0.152. The summed E-state index contributed by atoms with van der Waals surface area (Å²) in [5, 5.41) is 0. The summed E-state index contributed by atoms with van der Waals surface area (Å²) in [4.78, 5) is 30.6. The van der Waals surface area contributed by atoms with E-state index in [2.05, 4.69) is 25.7 Å². The van der Waals surface area contributed by atoms with Crippen molar-refractivity contribution in [3.05, 3.63) is 0 Å². The molecule has 0 aromatic heterocycles. The molecule has 21 heavy (non-hydrogen) atoms. The van der Waals surface area contributed by atoms with Gasteiger partial charge in [-0.05, 0) is 19.4 Å². The van der Waals surface area contributed by atoms with Gasteiger partial charge in [-0.1, -0.05) is 33.6 Å². The number of carbonyl (C=O) groups is 2. The standard InChI is InChI=1S/C16H31N3O2/c1-4-7-9-18(10-8-5-2)15(20)16(21)19-13-11-17(6-3)12-14-19/h4-14H2,1-3H3. The monoisotopic (exact) mass is 297 g/mol.